The fourth-order valence-corrected chi connectivity index (χ4v) is 6.28. The van der Waals surface area contributed by atoms with Crippen LogP contribution >= 0.6 is 0 Å². The average molecular weight is 504 g/mol. The van der Waals surface area contributed by atoms with Crippen molar-refractivity contribution in [2.45, 2.75) is 19.3 Å². The van der Waals surface area contributed by atoms with Crippen LogP contribution in [0.1, 0.15) is 30.5 Å². The van der Waals surface area contributed by atoms with E-state index in [0.29, 0.717) is 11.3 Å². The predicted molar refractivity (Wildman–Crippen MR) is 155 cm³/mol. The Bertz CT molecular complexity index is 2070. The normalized spacial score (nSPS) is 13.2. The number of rotatable bonds is 2. The molecular formula is C35H22FN3. The lowest BCUT2D eigenvalue weighted by Crippen LogP contribution is -2.15. The van der Waals surface area contributed by atoms with Crippen LogP contribution in [0.5, 0.6) is 0 Å². The molecule has 0 saturated carbocycles. The van der Waals surface area contributed by atoms with Gasteiger partial charge in [0.2, 0.25) is 5.69 Å². The zero-order chi connectivity index (χ0) is 26.9. The molecule has 0 saturated heterocycles. The molecule has 39 heavy (non-hydrogen) atoms. The number of aromatic nitrogens is 1. The maximum absolute atomic E-state index is 15.9. The lowest BCUT2D eigenvalue weighted by molar-refractivity contribution is 0.629. The van der Waals surface area contributed by atoms with Gasteiger partial charge in [-0.15, -0.1) is 0 Å². The Kier molecular flexibility index (Phi) is 4.80. The maximum Gasteiger partial charge on any atom is 0.246 e. The minimum absolute atomic E-state index is 0.116. The van der Waals surface area contributed by atoms with E-state index in [4.69, 9.17) is 6.57 Å². The fourth-order valence-electron chi connectivity index (χ4n) is 6.28. The van der Waals surface area contributed by atoms with E-state index in [1.54, 1.807) is 6.07 Å². The molecule has 1 heterocycles. The largest absolute Gasteiger partial charge is 0.319 e. The van der Waals surface area contributed by atoms with Crippen molar-refractivity contribution in [1.82, 2.24) is 4.57 Å². The van der Waals surface area contributed by atoms with Gasteiger partial charge in [0, 0.05) is 21.8 Å². The van der Waals surface area contributed by atoms with Gasteiger partial charge in [-0.25, -0.2) is 9.24 Å². The maximum atomic E-state index is 15.9. The third kappa shape index (κ3) is 3.06. The van der Waals surface area contributed by atoms with E-state index in [2.05, 4.69) is 61.2 Å². The predicted octanol–water partition coefficient (Wildman–Crippen LogP) is 9.32. The van der Waals surface area contributed by atoms with E-state index in [0.717, 1.165) is 27.4 Å². The minimum atomic E-state index is -0.788. The Hall–Kier alpha value is -5.19. The van der Waals surface area contributed by atoms with Gasteiger partial charge in [0.15, 0.2) is 5.82 Å². The van der Waals surface area contributed by atoms with E-state index >= 15 is 4.39 Å². The zero-order valence-electron chi connectivity index (χ0n) is 21.5. The molecule has 3 nitrogen and oxygen atoms in total. The standard InChI is InChI=1S/C35H22FN3/c1-35(2)28-15-9-7-13-22(28)25-17-26-23-14-8-10-16-30(23)39(31(26)19-29(25)35)32-18-24(21-11-5-4-6-12-21)27(20-37)33(36)34(32)38-3/h4-19H,1-2H3. The van der Waals surface area contributed by atoms with Crippen LogP contribution in [0.15, 0.2) is 97.1 Å². The summed E-state index contributed by atoms with van der Waals surface area (Å²) in [6, 6.07) is 34.1. The highest BCUT2D eigenvalue weighted by atomic mass is 19.1. The van der Waals surface area contributed by atoms with Crippen molar-refractivity contribution in [2.75, 3.05) is 0 Å². The number of benzene rings is 5. The second-order valence-electron chi connectivity index (χ2n) is 10.5. The summed E-state index contributed by atoms with van der Waals surface area (Å²) in [6.07, 6.45) is 0. The molecule has 0 unspecified atom stereocenters. The van der Waals surface area contributed by atoms with Crippen LogP contribution < -0.4 is 0 Å². The number of hydrogen-bond acceptors (Lipinski definition) is 1. The Morgan fingerprint density at radius 3 is 2.26 bits per heavy atom. The highest BCUT2D eigenvalue weighted by Gasteiger charge is 2.36. The quantitative estimate of drug-likeness (QED) is 0.217. The Morgan fingerprint density at radius 1 is 0.769 bits per heavy atom. The van der Waals surface area contributed by atoms with Crippen molar-refractivity contribution in [3.63, 3.8) is 0 Å². The molecule has 184 valence electrons. The first kappa shape index (κ1) is 23.0. The lowest BCUT2D eigenvalue weighted by atomic mass is 9.82. The number of hydrogen-bond donors (Lipinski definition) is 0. The second kappa shape index (κ2) is 8.15. The third-order valence-electron chi connectivity index (χ3n) is 8.15. The van der Waals surface area contributed by atoms with E-state index < -0.39 is 5.82 Å². The van der Waals surface area contributed by atoms with Gasteiger partial charge in [-0.05, 0) is 52.1 Å². The fraction of sp³-hybridized carbons (Fsp3) is 0.0857. The summed E-state index contributed by atoms with van der Waals surface area (Å²) in [6.45, 7) is 12.4. The van der Waals surface area contributed by atoms with Crippen molar-refractivity contribution in [3.8, 4) is 34.0 Å². The highest BCUT2D eigenvalue weighted by molar-refractivity contribution is 6.12. The molecule has 0 amide bonds. The smallest absolute Gasteiger partial charge is 0.246 e. The van der Waals surface area contributed by atoms with Gasteiger partial charge in [-0.2, -0.15) is 5.26 Å². The van der Waals surface area contributed by atoms with E-state index in [9.17, 15) is 5.26 Å². The molecular weight excluding hydrogens is 481 g/mol. The van der Waals surface area contributed by atoms with Gasteiger partial charge in [-0.1, -0.05) is 86.6 Å². The minimum Gasteiger partial charge on any atom is -0.319 e. The number of halogens is 1. The summed E-state index contributed by atoms with van der Waals surface area (Å²) >= 11 is 0. The Labute approximate surface area is 225 Å². The van der Waals surface area contributed by atoms with E-state index in [1.807, 2.05) is 59.2 Å². The molecule has 1 aliphatic rings. The van der Waals surface area contributed by atoms with Crippen LogP contribution in [0.2, 0.25) is 0 Å². The van der Waals surface area contributed by atoms with Crippen molar-refractivity contribution < 1.29 is 4.39 Å². The second-order valence-corrected chi connectivity index (χ2v) is 10.5. The molecule has 7 rings (SSSR count). The first-order valence-corrected chi connectivity index (χ1v) is 12.8. The van der Waals surface area contributed by atoms with Gasteiger partial charge < -0.3 is 4.57 Å². The lowest BCUT2D eigenvalue weighted by Gasteiger charge is -2.22. The molecule has 0 aliphatic heterocycles. The molecule has 1 aromatic heterocycles. The van der Waals surface area contributed by atoms with E-state index in [-0.39, 0.29) is 16.7 Å². The number of para-hydroxylation sites is 1. The van der Waals surface area contributed by atoms with Crippen LogP contribution in [-0.4, -0.2) is 4.57 Å². The molecule has 0 atom stereocenters. The average Bonchev–Trinajstić information content (AvgIpc) is 3.40. The summed E-state index contributed by atoms with van der Waals surface area (Å²) in [5.74, 6) is -0.788. The molecule has 0 spiro atoms. The first-order chi connectivity index (χ1) is 19.0. The van der Waals surface area contributed by atoms with Gasteiger partial charge in [0.1, 0.15) is 6.07 Å². The zero-order valence-corrected chi connectivity index (χ0v) is 21.5. The van der Waals surface area contributed by atoms with Crippen molar-refractivity contribution >= 4 is 27.5 Å². The first-order valence-electron chi connectivity index (χ1n) is 12.8. The summed E-state index contributed by atoms with van der Waals surface area (Å²) < 4.78 is 17.9. The summed E-state index contributed by atoms with van der Waals surface area (Å²) in [4.78, 5) is 3.62. The molecule has 0 bridgehead atoms. The molecule has 1 aliphatic carbocycles. The van der Waals surface area contributed by atoms with Crippen LogP contribution in [0.4, 0.5) is 10.1 Å². The van der Waals surface area contributed by atoms with Gasteiger partial charge in [0.25, 0.3) is 0 Å². The van der Waals surface area contributed by atoms with E-state index in [1.165, 1.54) is 22.3 Å². The van der Waals surface area contributed by atoms with Crippen LogP contribution in [0.25, 0.3) is 54.6 Å². The number of nitriles is 1. The number of nitrogens with zero attached hydrogens (tertiary/aromatic N) is 3. The van der Waals surface area contributed by atoms with Crippen molar-refractivity contribution in [1.29, 1.82) is 5.26 Å². The summed E-state index contributed by atoms with van der Waals surface area (Å²) in [5.41, 5.74) is 7.84. The topological polar surface area (TPSA) is 33.1 Å². The molecule has 6 aromatic rings. The van der Waals surface area contributed by atoms with Crippen molar-refractivity contribution in [2.24, 2.45) is 0 Å². The molecule has 0 radical (unpaired) electrons. The van der Waals surface area contributed by atoms with Gasteiger partial charge >= 0.3 is 0 Å². The Morgan fingerprint density at radius 2 is 1.49 bits per heavy atom. The summed E-state index contributed by atoms with van der Waals surface area (Å²) in [7, 11) is 0. The molecule has 0 N–H and O–H groups in total. The Balaban J connectivity index is 1.63. The van der Waals surface area contributed by atoms with Gasteiger partial charge in [-0.3, -0.25) is 0 Å². The van der Waals surface area contributed by atoms with Crippen LogP contribution in [-0.2, 0) is 5.41 Å². The summed E-state index contributed by atoms with van der Waals surface area (Å²) in [5, 5.41) is 12.0. The molecule has 4 heteroatoms. The van der Waals surface area contributed by atoms with Gasteiger partial charge in [0.05, 0.1) is 28.9 Å². The monoisotopic (exact) mass is 503 g/mol. The van der Waals surface area contributed by atoms with Crippen molar-refractivity contribution in [3.05, 3.63) is 131 Å². The number of fused-ring (bicyclic) bond motifs is 6. The third-order valence-corrected chi connectivity index (χ3v) is 8.15. The molecule has 5 aromatic carbocycles. The van der Waals surface area contributed by atoms with Crippen LogP contribution in [0.3, 0.4) is 0 Å². The van der Waals surface area contributed by atoms with Crippen LogP contribution in [0, 0.1) is 23.7 Å². The molecule has 0 fully saturated rings. The highest BCUT2D eigenvalue weighted by Crippen LogP contribution is 2.51. The SMILES string of the molecule is [C-]#[N+]c1c(-n2c3ccccc3c3cc4c(cc32)C(C)(C)c2ccccc2-4)cc(-c2ccccc2)c(C#N)c1F.